The molecule has 1 rings (SSSR count). The number of hydrogen-bond donors (Lipinski definition) is 0. The fourth-order valence-corrected chi connectivity index (χ4v) is 2.99. The van der Waals surface area contributed by atoms with Gasteiger partial charge in [-0.25, -0.2) is 4.57 Å². The molecule has 0 aliphatic carbocycles. The zero-order valence-electron chi connectivity index (χ0n) is 16.2. The molecule has 0 N–H and O–H groups in total. The molecule has 0 unspecified atom stereocenters. The van der Waals surface area contributed by atoms with Crippen LogP contribution in [0.4, 0.5) is 0 Å². The van der Waals surface area contributed by atoms with Crippen LogP contribution in [0.2, 0.25) is 0 Å². The third-order valence-corrected chi connectivity index (χ3v) is 5.03. The lowest BCUT2D eigenvalue weighted by Gasteiger charge is -2.21. The Hall–Kier alpha value is -0.750. The number of phosphoric ester groups is 1. The average Bonchev–Trinajstić information content (AvgIpc) is 2.68. The topological polar surface area (TPSA) is 63.2 Å². The molecular formula is C19H33O6P. The average molecular weight is 388 g/mol. The molecule has 6 nitrogen and oxygen atoms in total. The van der Waals surface area contributed by atoms with Crippen molar-refractivity contribution in [2.24, 2.45) is 0 Å². The summed E-state index contributed by atoms with van der Waals surface area (Å²) in [7, 11) is -2.32. The monoisotopic (exact) mass is 388 g/mol. The fraction of sp³-hybridized carbons (Fsp3) is 0.684. The Bertz CT molecular complexity index is 496. The number of rotatable bonds is 16. The summed E-state index contributed by atoms with van der Waals surface area (Å²) in [6, 6.07) is 9.47. The van der Waals surface area contributed by atoms with Gasteiger partial charge in [0.05, 0.1) is 19.8 Å². The third kappa shape index (κ3) is 10.4. The van der Waals surface area contributed by atoms with Crippen molar-refractivity contribution >= 4 is 7.82 Å². The Balaban J connectivity index is 2.47. The molecule has 0 aliphatic heterocycles. The summed E-state index contributed by atoms with van der Waals surface area (Å²) in [4.78, 5) is 0. The minimum atomic E-state index is -3.64. The highest BCUT2D eigenvalue weighted by Crippen LogP contribution is 2.49. The van der Waals surface area contributed by atoms with E-state index in [4.69, 9.17) is 23.0 Å². The Kier molecular flexibility index (Phi) is 12.8. The molecule has 0 saturated heterocycles. The maximum atomic E-state index is 12.6. The Morgan fingerprint density at radius 1 is 0.962 bits per heavy atom. The first-order chi connectivity index (χ1) is 12.6. The van der Waals surface area contributed by atoms with E-state index in [1.54, 1.807) is 0 Å². The molecule has 0 spiro atoms. The van der Waals surface area contributed by atoms with Crippen LogP contribution in [-0.2, 0) is 34.2 Å². The second kappa shape index (κ2) is 14.3. The van der Waals surface area contributed by atoms with Gasteiger partial charge in [-0.05, 0) is 18.4 Å². The molecule has 0 heterocycles. The summed E-state index contributed by atoms with van der Waals surface area (Å²) in [6.45, 7) is 6.15. The van der Waals surface area contributed by atoms with Gasteiger partial charge >= 0.3 is 7.82 Å². The second-order valence-corrected chi connectivity index (χ2v) is 7.74. The van der Waals surface area contributed by atoms with Crippen LogP contribution >= 0.6 is 7.82 Å². The highest BCUT2D eigenvalue weighted by atomic mass is 31.2. The summed E-state index contributed by atoms with van der Waals surface area (Å²) < 4.78 is 39.9. The van der Waals surface area contributed by atoms with Gasteiger partial charge in [0.2, 0.25) is 0 Å². The molecule has 1 aromatic rings. The summed E-state index contributed by atoms with van der Waals surface area (Å²) in [5, 5.41) is 0. The number of ether oxygens (including phenoxy) is 2. The van der Waals surface area contributed by atoms with E-state index in [0.29, 0.717) is 19.8 Å². The predicted molar refractivity (Wildman–Crippen MR) is 102 cm³/mol. The van der Waals surface area contributed by atoms with E-state index in [0.717, 1.165) is 31.2 Å². The molecule has 0 fully saturated rings. The van der Waals surface area contributed by atoms with Crippen molar-refractivity contribution < 1.29 is 27.6 Å². The van der Waals surface area contributed by atoms with E-state index < -0.39 is 7.82 Å². The molecule has 26 heavy (non-hydrogen) atoms. The van der Waals surface area contributed by atoms with Crippen molar-refractivity contribution in [3.8, 4) is 0 Å². The number of benzene rings is 1. The van der Waals surface area contributed by atoms with Crippen LogP contribution in [0.1, 0.15) is 45.1 Å². The van der Waals surface area contributed by atoms with Gasteiger partial charge in [0.25, 0.3) is 0 Å². The first kappa shape index (κ1) is 23.3. The number of phosphoric acid groups is 1. The van der Waals surface area contributed by atoms with Gasteiger partial charge in [-0.1, -0.05) is 57.0 Å². The fourth-order valence-electron chi connectivity index (χ4n) is 2.04. The van der Waals surface area contributed by atoms with Crippen molar-refractivity contribution in [1.82, 2.24) is 0 Å². The van der Waals surface area contributed by atoms with Crippen LogP contribution in [0.3, 0.4) is 0 Å². The summed E-state index contributed by atoms with van der Waals surface area (Å²) in [6.07, 6.45) is 3.77. The molecule has 150 valence electrons. The molecule has 2 atom stereocenters. The van der Waals surface area contributed by atoms with Crippen molar-refractivity contribution in [1.29, 1.82) is 0 Å². The van der Waals surface area contributed by atoms with E-state index in [1.165, 1.54) is 7.11 Å². The van der Waals surface area contributed by atoms with E-state index in [-0.39, 0.29) is 19.3 Å². The van der Waals surface area contributed by atoms with Gasteiger partial charge in [-0.2, -0.15) is 0 Å². The standard InChI is InChI=1S/C19H33O6P/c1-4-6-13-22-16-19(23-14-7-5-2)17-25-26(20,21-3)24-15-18-11-9-8-10-12-18/h8-12,19H,4-7,13-17H2,1-3H3/t19-,26+/m1/s1. The van der Waals surface area contributed by atoms with Crippen LogP contribution < -0.4 is 0 Å². The zero-order chi connectivity index (χ0) is 19.1. The quantitative estimate of drug-likeness (QED) is 0.294. The first-order valence-electron chi connectivity index (χ1n) is 9.31. The predicted octanol–water partition coefficient (Wildman–Crippen LogP) is 4.98. The lowest BCUT2D eigenvalue weighted by atomic mass is 10.2. The van der Waals surface area contributed by atoms with E-state index >= 15 is 0 Å². The smallest absolute Gasteiger partial charge is 0.379 e. The van der Waals surface area contributed by atoms with Gasteiger partial charge in [-0.15, -0.1) is 0 Å². The molecule has 0 saturated carbocycles. The maximum Gasteiger partial charge on any atom is 0.474 e. The summed E-state index contributed by atoms with van der Waals surface area (Å²) >= 11 is 0. The van der Waals surface area contributed by atoms with E-state index in [1.807, 2.05) is 30.3 Å². The molecule has 0 aromatic heterocycles. The van der Waals surface area contributed by atoms with Crippen molar-refractivity contribution in [2.75, 3.05) is 33.5 Å². The normalized spacial score (nSPS) is 14.9. The van der Waals surface area contributed by atoms with Crippen molar-refractivity contribution in [2.45, 2.75) is 52.2 Å². The molecule has 7 heteroatoms. The molecular weight excluding hydrogens is 355 g/mol. The summed E-state index contributed by atoms with van der Waals surface area (Å²) in [5.41, 5.74) is 0.895. The highest BCUT2D eigenvalue weighted by molar-refractivity contribution is 7.48. The maximum absolute atomic E-state index is 12.6. The highest BCUT2D eigenvalue weighted by Gasteiger charge is 2.27. The molecule has 0 amide bonds. The lowest BCUT2D eigenvalue weighted by Crippen LogP contribution is -2.26. The minimum Gasteiger partial charge on any atom is -0.379 e. The van der Waals surface area contributed by atoms with Crippen LogP contribution in [0.25, 0.3) is 0 Å². The molecule has 0 aliphatic rings. The third-order valence-electron chi connectivity index (χ3n) is 3.67. The largest absolute Gasteiger partial charge is 0.474 e. The van der Waals surface area contributed by atoms with Crippen molar-refractivity contribution in [3.63, 3.8) is 0 Å². The van der Waals surface area contributed by atoms with Gasteiger partial charge in [0.15, 0.2) is 0 Å². The number of unbranched alkanes of at least 4 members (excludes halogenated alkanes) is 2. The van der Waals surface area contributed by atoms with Gasteiger partial charge in [0, 0.05) is 20.3 Å². The first-order valence-corrected chi connectivity index (χ1v) is 10.8. The molecule has 0 bridgehead atoms. The van der Waals surface area contributed by atoms with Crippen LogP contribution in [0.5, 0.6) is 0 Å². The minimum absolute atomic E-state index is 0.0930. The molecule has 0 radical (unpaired) electrons. The Morgan fingerprint density at radius 2 is 1.65 bits per heavy atom. The Labute approximate surface area is 157 Å². The van der Waals surface area contributed by atoms with Gasteiger partial charge < -0.3 is 9.47 Å². The number of hydrogen-bond acceptors (Lipinski definition) is 6. The van der Waals surface area contributed by atoms with Gasteiger partial charge in [-0.3, -0.25) is 13.6 Å². The lowest BCUT2D eigenvalue weighted by molar-refractivity contribution is -0.0451. The van der Waals surface area contributed by atoms with Crippen LogP contribution in [-0.4, -0.2) is 39.6 Å². The zero-order valence-corrected chi connectivity index (χ0v) is 17.1. The summed E-state index contributed by atoms with van der Waals surface area (Å²) in [5.74, 6) is 0. The van der Waals surface area contributed by atoms with Crippen LogP contribution in [0, 0.1) is 0 Å². The SMILES string of the molecule is CCCCOC[C@H](CO[P@@](=O)(OC)OCc1ccccc1)OCCCC. The second-order valence-electron chi connectivity index (χ2n) is 5.96. The van der Waals surface area contributed by atoms with E-state index in [9.17, 15) is 4.57 Å². The van der Waals surface area contributed by atoms with Crippen LogP contribution in [0.15, 0.2) is 30.3 Å². The molecule has 1 aromatic carbocycles. The van der Waals surface area contributed by atoms with E-state index in [2.05, 4.69) is 13.8 Å². The van der Waals surface area contributed by atoms with Gasteiger partial charge in [0.1, 0.15) is 6.10 Å². The Morgan fingerprint density at radius 3 is 2.31 bits per heavy atom. The van der Waals surface area contributed by atoms with Crippen molar-refractivity contribution in [3.05, 3.63) is 35.9 Å².